The first-order chi connectivity index (χ1) is 7.56. The third-order valence-electron chi connectivity index (χ3n) is 2.56. The van der Waals surface area contributed by atoms with Gasteiger partial charge in [-0.05, 0) is 46.1 Å². The standard InChI is InChI=1S/C13H31N3/c1-6-14-8-7-9-16(12-13(2)3)11-10-15(4)5/h13-14H,6-12H2,1-5H3. The van der Waals surface area contributed by atoms with Gasteiger partial charge in [0.1, 0.15) is 0 Å². The second kappa shape index (κ2) is 10.1. The van der Waals surface area contributed by atoms with E-state index in [4.69, 9.17) is 0 Å². The maximum atomic E-state index is 3.38. The lowest BCUT2D eigenvalue weighted by molar-refractivity contribution is 0.216. The summed E-state index contributed by atoms with van der Waals surface area (Å²) in [6.45, 7) is 13.8. The third kappa shape index (κ3) is 10.4. The van der Waals surface area contributed by atoms with Crippen molar-refractivity contribution < 1.29 is 0 Å². The Labute approximate surface area is 102 Å². The van der Waals surface area contributed by atoms with Crippen molar-refractivity contribution >= 4 is 0 Å². The van der Waals surface area contributed by atoms with E-state index in [1.807, 2.05) is 0 Å². The van der Waals surface area contributed by atoms with Gasteiger partial charge >= 0.3 is 0 Å². The van der Waals surface area contributed by atoms with E-state index < -0.39 is 0 Å². The number of rotatable bonds is 10. The van der Waals surface area contributed by atoms with E-state index in [0.29, 0.717) is 0 Å². The van der Waals surface area contributed by atoms with Crippen LogP contribution in [0.4, 0.5) is 0 Å². The highest BCUT2D eigenvalue weighted by Crippen LogP contribution is 1.99. The Morgan fingerprint density at radius 2 is 1.75 bits per heavy atom. The molecule has 3 nitrogen and oxygen atoms in total. The van der Waals surface area contributed by atoms with E-state index in [2.05, 4.69) is 50.0 Å². The molecule has 0 saturated heterocycles. The first kappa shape index (κ1) is 15.9. The van der Waals surface area contributed by atoms with E-state index in [1.54, 1.807) is 0 Å². The SMILES string of the molecule is CCNCCCN(CCN(C)C)CC(C)C. The normalized spacial score (nSPS) is 12.0. The van der Waals surface area contributed by atoms with Crippen LogP contribution in [0.3, 0.4) is 0 Å². The average molecular weight is 229 g/mol. The van der Waals surface area contributed by atoms with Gasteiger partial charge in [0.25, 0.3) is 0 Å². The average Bonchev–Trinajstić information content (AvgIpc) is 2.19. The zero-order valence-electron chi connectivity index (χ0n) is 11.9. The molecule has 0 aromatic carbocycles. The molecule has 0 aliphatic carbocycles. The topological polar surface area (TPSA) is 18.5 Å². The molecule has 0 atom stereocenters. The highest BCUT2D eigenvalue weighted by atomic mass is 15.2. The van der Waals surface area contributed by atoms with E-state index in [0.717, 1.165) is 25.6 Å². The zero-order chi connectivity index (χ0) is 12.4. The van der Waals surface area contributed by atoms with Crippen LogP contribution in [0.2, 0.25) is 0 Å². The minimum absolute atomic E-state index is 0.765. The zero-order valence-corrected chi connectivity index (χ0v) is 11.9. The van der Waals surface area contributed by atoms with Crippen LogP contribution in [0.15, 0.2) is 0 Å². The van der Waals surface area contributed by atoms with Crippen LogP contribution < -0.4 is 5.32 Å². The third-order valence-corrected chi connectivity index (χ3v) is 2.56. The number of hydrogen-bond donors (Lipinski definition) is 1. The molecule has 0 fully saturated rings. The molecule has 0 bridgehead atoms. The van der Waals surface area contributed by atoms with Gasteiger partial charge < -0.3 is 15.1 Å². The first-order valence-electron chi connectivity index (χ1n) is 6.64. The summed E-state index contributed by atoms with van der Waals surface area (Å²) in [7, 11) is 4.29. The highest BCUT2D eigenvalue weighted by Gasteiger charge is 2.07. The summed E-state index contributed by atoms with van der Waals surface area (Å²) in [6.07, 6.45) is 1.26. The number of hydrogen-bond acceptors (Lipinski definition) is 3. The number of nitrogens with zero attached hydrogens (tertiary/aromatic N) is 2. The molecule has 0 aliphatic rings. The van der Waals surface area contributed by atoms with Crippen molar-refractivity contribution in [2.24, 2.45) is 5.92 Å². The molecule has 0 unspecified atom stereocenters. The van der Waals surface area contributed by atoms with Crippen molar-refractivity contribution in [3.05, 3.63) is 0 Å². The lowest BCUT2D eigenvalue weighted by Crippen LogP contribution is -2.36. The van der Waals surface area contributed by atoms with E-state index in [9.17, 15) is 0 Å². The first-order valence-corrected chi connectivity index (χ1v) is 6.64. The molecule has 0 spiro atoms. The summed E-state index contributed by atoms with van der Waals surface area (Å²) in [5, 5.41) is 3.38. The number of likely N-dealkylation sites (N-methyl/N-ethyl adjacent to an activating group) is 1. The van der Waals surface area contributed by atoms with Gasteiger partial charge in [0.15, 0.2) is 0 Å². The van der Waals surface area contributed by atoms with Crippen molar-refractivity contribution in [1.29, 1.82) is 0 Å². The van der Waals surface area contributed by atoms with Crippen molar-refractivity contribution in [2.45, 2.75) is 27.2 Å². The monoisotopic (exact) mass is 229 g/mol. The molecule has 0 amide bonds. The Kier molecular flexibility index (Phi) is 9.99. The quantitative estimate of drug-likeness (QED) is 0.573. The van der Waals surface area contributed by atoms with Gasteiger partial charge in [-0.1, -0.05) is 20.8 Å². The van der Waals surface area contributed by atoms with E-state index in [-0.39, 0.29) is 0 Å². The molecule has 0 saturated carbocycles. The molecular formula is C13H31N3. The minimum atomic E-state index is 0.765. The Balaban J connectivity index is 3.72. The van der Waals surface area contributed by atoms with Crippen molar-refractivity contribution in [3.63, 3.8) is 0 Å². The predicted molar refractivity (Wildman–Crippen MR) is 73.0 cm³/mol. The maximum Gasteiger partial charge on any atom is 0.0109 e. The Morgan fingerprint density at radius 3 is 2.25 bits per heavy atom. The fourth-order valence-electron chi connectivity index (χ4n) is 1.76. The Morgan fingerprint density at radius 1 is 1.06 bits per heavy atom. The maximum absolute atomic E-state index is 3.38. The Bertz CT molecular complexity index is 146. The molecule has 0 aromatic rings. The van der Waals surface area contributed by atoms with Gasteiger partial charge in [-0.3, -0.25) is 0 Å². The van der Waals surface area contributed by atoms with Crippen molar-refractivity contribution in [3.8, 4) is 0 Å². The van der Waals surface area contributed by atoms with Gasteiger partial charge in [0.05, 0.1) is 0 Å². The fraction of sp³-hybridized carbons (Fsp3) is 1.00. The van der Waals surface area contributed by atoms with Crippen LogP contribution in [0.25, 0.3) is 0 Å². The summed E-state index contributed by atoms with van der Waals surface area (Å²) in [5.41, 5.74) is 0. The van der Waals surface area contributed by atoms with E-state index in [1.165, 1.54) is 26.1 Å². The fourth-order valence-corrected chi connectivity index (χ4v) is 1.76. The molecule has 0 rings (SSSR count). The van der Waals surface area contributed by atoms with Gasteiger partial charge in [-0.2, -0.15) is 0 Å². The smallest absolute Gasteiger partial charge is 0.0109 e. The molecule has 0 aromatic heterocycles. The van der Waals surface area contributed by atoms with Crippen molar-refractivity contribution in [2.75, 3.05) is 53.4 Å². The lowest BCUT2D eigenvalue weighted by Gasteiger charge is -2.25. The van der Waals surface area contributed by atoms with Crippen LogP contribution in [0, 0.1) is 5.92 Å². The van der Waals surface area contributed by atoms with Crippen molar-refractivity contribution in [1.82, 2.24) is 15.1 Å². The molecule has 98 valence electrons. The Hall–Kier alpha value is -0.120. The van der Waals surface area contributed by atoms with Gasteiger partial charge in [-0.15, -0.1) is 0 Å². The number of nitrogens with one attached hydrogen (secondary N) is 1. The molecule has 16 heavy (non-hydrogen) atoms. The molecule has 0 heterocycles. The second-order valence-corrected chi connectivity index (χ2v) is 5.20. The van der Waals surface area contributed by atoms with Crippen LogP contribution >= 0.6 is 0 Å². The van der Waals surface area contributed by atoms with Crippen LogP contribution in [-0.2, 0) is 0 Å². The highest BCUT2D eigenvalue weighted by molar-refractivity contribution is 4.62. The molecular weight excluding hydrogens is 198 g/mol. The summed E-state index contributed by atoms with van der Waals surface area (Å²) in [5.74, 6) is 0.765. The van der Waals surface area contributed by atoms with Crippen LogP contribution in [0.5, 0.6) is 0 Å². The predicted octanol–water partition coefficient (Wildman–Crippen LogP) is 1.51. The molecule has 3 heteroatoms. The van der Waals surface area contributed by atoms with Gasteiger partial charge in [-0.25, -0.2) is 0 Å². The second-order valence-electron chi connectivity index (χ2n) is 5.20. The minimum Gasteiger partial charge on any atom is -0.317 e. The molecule has 0 aliphatic heterocycles. The van der Waals surface area contributed by atoms with Gasteiger partial charge in [0, 0.05) is 19.6 Å². The molecule has 1 N–H and O–H groups in total. The van der Waals surface area contributed by atoms with Crippen LogP contribution in [-0.4, -0.2) is 63.2 Å². The molecule has 0 radical (unpaired) electrons. The summed E-state index contributed by atoms with van der Waals surface area (Å²) in [6, 6.07) is 0. The summed E-state index contributed by atoms with van der Waals surface area (Å²) >= 11 is 0. The summed E-state index contributed by atoms with van der Waals surface area (Å²) in [4.78, 5) is 4.85. The van der Waals surface area contributed by atoms with Gasteiger partial charge in [0.2, 0.25) is 0 Å². The lowest BCUT2D eigenvalue weighted by atomic mass is 10.2. The van der Waals surface area contributed by atoms with E-state index >= 15 is 0 Å². The summed E-state index contributed by atoms with van der Waals surface area (Å²) < 4.78 is 0. The van der Waals surface area contributed by atoms with Crippen LogP contribution in [0.1, 0.15) is 27.2 Å². The largest absolute Gasteiger partial charge is 0.317 e.